The van der Waals surface area contributed by atoms with Crippen molar-refractivity contribution in [3.05, 3.63) is 66.0 Å². The van der Waals surface area contributed by atoms with Crippen LogP contribution in [0.3, 0.4) is 0 Å². The molecule has 0 bridgehead atoms. The Morgan fingerprint density at radius 3 is 2.32 bits per heavy atom. The third-order valence-corrected chi connectivity index (χ3v) is 4.39. The highest BCUT2D eigenvalue weighted by Gasteiger charge is 2.49. The lowest BCUT2D eigenvalue weighted by Crippen LogP contribution is -2.60. The van der Waals surface area contributed by atoms with Crippen molar-refractivity contribution < 1.29 is 19.4 Å². The van der Waals surface area contributed by atoms with Crippen LogP contribution in [-0.2, 0) is 21.6 Å². The lowest BCUT2D eigenvalue weighted by Gasteiger charge is -2.47. The molecule has 1 aliphatic rings. The van der Waals surface area contributed by atoms with Gasteiger partial charge in [-0.05, 0) is 31.5 Å². The molecule has 0 spiro atoms. The Hall–Kier alpha value is -2.44. The molecule has 1 aromatic carbocycles. The molecule has 25 heavy (non-hydrogen) atoms. The molecule has 6 heteroatoms. The Kier molecular flexibility index (Phi) is 4.74. The molecule has 2 heterocycles. The molecule has 1 aliphatic heterocycles. The summed E-state index contributed by atoms with van der Waals surface area (Å²) in [7, 11) is 0. The van der Waals surface area contributed by atoms with E-state index in [2.05, 4.69) is 4.98 Å². The van der Waals surface area contributed by atoms with E-state index in [4.69, 9.17) is 9.47 Å². The average Bonchev–Trinajstić information content (AvgIpc) is 2.62. The third-order valence-electron chi connectivity index (χ3n) is 4.39. The Bertz CT molecular complexity index is 709. The minimum Gasteiger partial charge on any atom is -0.465 e. The Balaban J connectivity index is 2.01. The number of carboxylic acid groups (broad SMARTS) is 1. The molecule has 1 N–H and O–H groups in total. The maximum absolute atomic E-state index is 12.1. The van der Waals surface area contributed by atoms with Gasteiger partial charge in [-0.1, -0.05) is 36.4 Å². The number of hydrogen-bond acceptors (Lipinski definition) is 4. The van der Waals surface area contributed by atoms with Gasteiger partial charge in [0.1, 0.15) is 5.54 Å². The Labute approximate surface area is 147 Å². The van der Waals surface area contributed by atoms with Gasteiger partial charge in [0.05, 0.1) is 25.5 Å². The molecule has 1 fully saturated rings. The molecule has 1 amide bonds. The maximum atomic E-state index is 12.1. The molecule has 1 saturated heterocycles. The number of aromatic nitrogens is 1. The second-order valence-corrected chi connectivity index (χ2v) is 6.58. The minimum absolute atomic E-state index is 0.177. The van der Waals surface area contributed by atoms with Crippen molar-refractivity contribution in [3.8, 4) is 0 Å². The number of rotatable bonds is 4. The van der Waals surface area contributed by atoms with Crippen molar-refractivity contribution in [1.29, 1.82) is 0 Å². The van der Waals surface area contributed by atoms with E-state index in [0.29, 0.717) is 5.69 Å². The van der Waals surface area contributed by atoms with Crippen molar-refractivity contribution in [2.45, 2.75) is 31.7 Å². The van der Waals surface area contributed by atoms with E-state index in [1.807, 2.05) is 56.3 Å². The fraction of sp³-hybridized carbons (Fsp3) is 0.368. The molecule has 132 valence electrons. The summed E-state index contributed by atoms with van der Waals surface area (Å²) >= 11 is 0. The molecule has 0 saturated carbocycles. The number of carbonyl (C=O) groups is 1. The van der Waals surface area contributed by atoms with E-state index >= 15 is 0 Å². The van der Waals surface area contributed by atoms with Crippen molar-refractivity contribution in [2.75, 3.05) is 13.2 Å². The van der Waals surface area contributed by atoms with Gasteiger partial charge >= 0.3 is 6.09 Å². The summed E-state index contributed by atoms with van der Waals surface area (Å²) in [5.41, 5.74) is 0.507. The standard InChI is InChI=1S/C19H22N2O4/c1-18(2)24-13-19(14-25-18,16-10-6-7-11-20-16)21(17(22)23)12-15-8-4-3-5-9-15/h3-11H,12-14H2,1-2H3,(H,22,23). The van der Waals surface area contributed by atoms with E-state index in [1.54, 1.807) is 12.3 Å². The quantitative estimate of drug-likeness (QED) is 0.923. The van der Waals surface area contributed by atoms with Crippen LogP contribution < -0.4 is 0 Å². The van der Waals surface area contributed by atoms with E-state index in [-0.39, 0.29) is 19.8 Å². The van der Waals surface area contributed by atoms with Crippen LogP contribution in [0.1, 0.15) is 25.1 Å². The monoisotopic (exact) mass is 342 g/mol. The molecule has 2 aromatic rings. The zero-order valence-corrected chi connectivity index (χ0v) is 14.4. The van der Waals surface area contributed by atoms with Crippen LogP contribution in [0.2, 0.25) is 0 Å². The van der Waals surface area contributed by atoms with Crippen LogP contribution in [0.25, 0.3) is 0 Å². The predicted octanol–water partition coefficient (Wildman–Crippen LogP) is 3.24. The van der Waals surface area contributed by atoms with Gasteiger partial charge in [-0.15, -0.1) is 0 Å². The number of benzene rings is 1. The summed E-state index contributed by atoms with van der Waals surface area (Å²) in [6.07, 6.45) is 0.612. The van der Waals surface area contributed by atoms with E-state index in [1.165, 1.54) is 4.90 Å². The van der Waals surface area contributed by atoms with Gasteiger partial charge in [0, 0.05) is 6.20 Å². The van der Waals surface area contributed by atoms with Gasteiger partial charge in [-0.2, -0.15) is 0 Å². The predicted molar refractivity (Wildman–Crippen MR) is 91.9 cm³/mol. The molecule has 0 radical (unpaired) electrons. The summed E-state index contributed by atoms with van der Waals surface area (Å²) < 4.78 is 11.7. The van der Waals surface area contributed by atoms with Crippen molar-refractivity contribution in [3.63, 3.8) is 0 Å². The van der Waals surface area contributed by atoms with Crippen LogP contribution in [0.15, 0.2) is 54.7 Å². The van der Waals surface area contributed by atoms with E-state index in [0.717, 1.165) is 5.56 Å². The van der Waals surface area contributed by atoms with Crippen LogP contribution >= 0.6 is 0 Å². The highest BCUT2D eigenvalue weighted by Crippen LogP contribution is 2.36. The van der Waals surface area contributed by atoms with Gasteiger partial charge in [0.25, 0.3) is 0 Å². The molecule has 0 atom stereocenters. The topological polar surface area (TPSA) is 71.9 Å². The van der Waals surface area contributed by atoms with Gasteiger partial charge in [0.15, 0.2) is 5.79 Å². The van der Waals surface area contributed by atoms with Gasteiger partial charge < -0.3 is 14.6 Å². The summed E-state index contributed by atoms with van der Waals surface area (Å²) in [5, 5.41) is 9.93. The number of amides is 1. The SMILES string of the molecule is CC1(C)OCC(c2ccccn2)(N(Cc2ccccc2)C(=O)O)CO1. The zero-order chi connectivity index (χ0) is 17.9. The number of hydrogen-bond donors (Lipinski definition) is 1. The van der Waals surface area contributed by atoms with E-state index in [9.17, 15) is 9.90 Å². The second-order valence-electron chi connectivity index (χ2n) is 6.58. The minimum atomic E-state index is -1.04. The molecule has 0 aliphatic carbocycles. The first-order chi connectivity index (χ1) is 11.9. The average molecular weight is 342 g/mol. The first-order valence-electron chi connectivity index (χ1n) is 8.17. The molecular weight excluding hydrogens is 320 g/mol. The summed E-state index contributed by atoms with van der Waals surface area (Å²) in [6.45, 7) is 4.21. The first kappa shape index (κ1) is 17.4. The van der Waals surface area contributed by atoms with Crippen LogP contribution in [0, 0.1) is 0 Å². The third kappa shape index (κ3) is 3.65. The lowest BCUT2D eigenvalue weighted by atomic mass is 9.92. The fourth-order valence-corrected chi connectivity index (χ4v) is 2.92. The Morgan fingerprint density at radius 1 is 1.12 bits per heavy atom. The van der Waals surface area contributed by atoms with Gasteiger partial charge in [0.2, 0.25) is 0 Å². The summed E-state index contributed by atoms with van der Waals surface area (Å²) in [4.78, 5) is 17.9. The highest BCUT2D eigenvalue weighted by molar-refractivity contribution is 5.67. The normalized spacial score (nSPS) is 18.5. The molecule has 3 rings (SSSR count). The molecule has 0 unspecified atom stereocenters. The van der Waals surface area contributed by atoms with Crippen molar-refractivity contribution in [1.82, 2.24) is 9.88 Å². The number of ether oxygens (including phenoxy) is 2. The number of pyridine rings is 1. The summed E-state index contributed by atoms with van der Waals surface area (Å²) in [6, 6.07) is 14.9. The number of nitrogens with zero attached hydrogens (tertiary/aromatic N) is 2. The summed E-state index contributed by atoms with van der Waals surface area (Å²) in [5.74, 6) is -0.755. The second kappa shape index (κ2) is 6.82. The van der Waals surface area contributed by atoms with Crippen molar-refractivity contribution >= 4 is 6.09 Å². The molecular formula is C19H22N2O4. The Morgan fingerprint density at radius 2 is 1.76 bits per heavy atom. The first-order valence-corrected chi connectivity index (χ1v) is 8.17. The molecule has 1 aromatic heterocycles. The largest absolute Gasteiger partial charge is 0.465 e. The van der Waals surface area contributed by atoms with E-state index < -0.39 is 17.4 Å². The van der Waals surface area contributed by atoms with Crippen LogP contribution in [-0.4, -0.2) is 40.1 Å². The molecule has 6 nitrogen and oxygen atoms in total. The van der Waals surface area contributed by atoms with Gasteiger partial charge in [-0.25, -0.2) is 4.79 Å². The van der Waals surface area contributed by atoms with Crippen LogP contribution in [0.4, 0.5) is 4.79 Å². The highest BCUT2D eigenvalue weighted by atomic mass is 16.7. The maximum Gasteiger partial charge on any atom is 0.408 e. The van der Waals surface area contributed by atoms with Crippen LogP contribution in [0.5, 0.6) is 0 Å². The fourth-order valence-electron chi connectivity index (χ4n) is 2.92. The van der Waals surface area contributed by atoms with Crippen molar-refractivity contribution in [2.24, 2.45) is 0 Å². The zero-order valence-electron chi connectivity index (χ0n) is 14.4. The lowest BCUT2D eigenvalue weighted by molar-refractivity contribution is -0.288. The smallest absolute Gasteiger partial charge is 0.408 e. The van der Waals surface area contributed by atoms with Gasteiger partial charge in [-0.3, -0.25) is 9.88 Å².